The van der Waals surface area contributed by atoms with Gasteiger partial charge in [-0.25, -0.2) is 4.98 Å². The third-order valence-electron chi connectivity index (χ3n) is 2.60. The fraction of sp³-hybridized carbons (Fsp3) is 0.538. The largest absolute Gasteiger partial charge is 0.387 e. The van der Waals surface area contributed by atoms with Crippen molar-refractivity contribution in [3.8, 4) is 0 Å². The van der Waals surface area contributed by atoms with Crippen LogP contribution in [0.1, 0.15) is 29.8 Å². The number of amides is 1. The topological polar surface area (TPSA) is 63.2 Å². The summed E-state index contributed by atoms with van der Waals surface area (Å²) < 4.78 is 4.96. The molecular weight excluding hydrogens is 230 g/mol. The molecule has 1 amide bonds. The van der Waals surface area contributed by atoms with Crippen LogP contribution in [0.3, 0.4) is 0 Å². The van der Waals surface area contributed by atoms with E-state index in [0.717, 1.165) is 31.6 Å². The van der Waals surface area contributed by atoms with E-state index in [4.69, 9.17) is 4.74 Å². The molecular formula is C13H21N3O2. The first-order valence-electron chi connectivity index (χ1n) is 6.19. The second-order valence-corrected chi connectivity index (χ2v) is 3.99. The van der Waals surface area contributed by atoms with Crippen molar-refractivity contribution in [2.45, 2.75) is 19.3 Å². The Bertz CT molecular complexity index is 352. The summed E-state index contributed by atoms with van der Waals surface area (Å²) in [7, 11) is 3.51. The molecule has 2 N–H and O–H groups in total. The fourth-order valence-electron chi connectivity index (χ4n) is 1.52. The summed E-state index contributed by atoms with van der Waals surface area (Å²) in [6, 6.07) is 3.55. The summed E-state index contributed by atoms with van der Waals surface area (Å²) in [5.74, 6) is -0.121. The standard InChI is InChI=1S/C13H21N3O2/c1-14-11-6-7-12(16-10-11)13(17)15-8-4-3-5-9-18-2/h6-7,10,14H,3-5,8-9H2,1-2H3,(H,15,17). The molecule has 5 heteroatoms. The van der Waals surface area contributed by atoms with Gasteiger partial charge in [-0.15, -0.1) is 0 Å². The maximum absolute atomic E-state index is 11.7. The minimum absolute atomic E-state index is 0.121. The summed E-state index contributed by atoms with van der Waals surface area (Å²) in [4.78, 5) is 15.8. The van der Waals surface area contributed by atoms with Crippen LogP contribution >= 0.6 is 0 Å². The van der Waals surface area contributed by atoms with Gasteiger partial charge >= 0.3 is 0 Å². The van der Waals surface area contributed by atoms with Crippen LogP contribution in [0.5, 0.6) is 0 Å². The van der Waals surface area contributed by atoms with Gasteiger partial charge in [0.2, 0.25) is 0 Å². The molecule has 0 radical (unpaired) electrons. The number of pyridine rings is 1. The van der Waals surface area contributed by atoms with Crippen molar-refractivity contribution in [3.63, 3.8) is 0 Å². The molecule has 1 heterocycles. The van der Waals surface area contributed by atoms with Crippen LogP contribution in [-0.4, -0.2) is 38.2 Å². The van der Waals surface area contributed by atoms with E-state index in [2.05, 4.69) is 15.6 Å². The summed E-state index contributed by atoms with van der Waals surface area (Å²) in [6.45, 7) is 1.46. The minimum Gasteiger partial charge on any atom is -0.387 e. The van der Waals surface area contributed by atoms with Gasteiger partial charge in [-0.3, -0.25) is 4.79 Å². The van der Waals surface area contributed by atoms with E-state index in [0.29, 0.717) is 12.2 Å². The molecule has 0 aliphatic rings. The predicted molar refractivity (Wildman–Crippen MR) is 71.8 cm³/mol. The molecule has 5 nitrogen and oxygen atoms in total. The van der Waals surface area contributed by atoms with Crippen molar-refractivity contribution in [1.29, 1.82) is 0 Å². The van der Waals surface area contributed by atoms with Crippen LogP contribution in [0.15, 0.2) is 18.3 Å². The fourth-order valence-corrected chi connectivity index (χ4v) is 1.52. The van der Waals surface area contributed by atoms with Crippen LogP contribution in [0, 0.1) is 0 Å². The zero-order valence-electron chi connectivity index (χ0n) is 11.0. The van der Waals surface area contributed by atoms with Gasteiger partial charge in [0.1, 0.15) is 5.69 Å². The lowest BCUT2D eigenvalue weighted by Gasteiger charge is -2.05. The number of methoxy groups -OCH3 is 1. The van der Waals surface area contributed by atoms with Crippen LogP contribution in [0.2, 0.25) is 0 Å². The summed E-state index contributed by atoms with van der Waals surface area (Å²) in [6.07, 6.45) is 4.69. The molecule has 1 aromatic rings. The summed E-state index contributed by atoms with van der Waals surface area (Å²) in [5.41, 5.74) is 1.34. The van der Waals surface area contributed by atoms with Gasteiger partial charge in [0.05, 0.1) is 11.9 Å². The Morgan fingerprint density at radius 2 is 2.17 bits per heavy atom. The van der Waals surface area contributed by atoms with Crippen molar-refractivity contribution in [1.82, 2.24) is 10.3 Å². The number of rotatable bonds is 8. The first-order valence-corrected chi connectivity index (χ1v) is 6.19. The smallest absolute Gasteiger partial charge is 0.269 e. The van der Waals surface area contributed by atoms with Crippen molar-refractivity contribution >= 4 is 11.6 Å². The second-order valence-electron chi connectivity index (χ2n) is 3.99. The Morgan fingerprint density at radius 1 is 1.33 bits per heavy atom. The van der Waals surface area contributed by atoms with Gasteiger partial charge in [-0.1, -0.05) is 0 Å². The predicted octanol–water partition coefficient (Wildman–Crippen LogP) is 1.67. The van der Waals surface area contributed by atoms with Gasteiger partial charge < -0.3 is 15.4 Å². The number of hydrogen-bond donors (Lipinski definition) is 2. The molecule has 1 rings (SSSR count). The Balaban J connectivity index is 2.23. The number of aromatic nitrogens is 1. The van der Waals surface area contributed by atoms with Crippen LogP contribution < -0.4 is 10.6 Å². The van der Waals surface area contributed by atoms with E-state index in [9.17, 15) is 4.79 Å². The van der Waals surface area contributed by atoms with Crippen LogP contribution in [0.4, 0.5) is 5.69 Å². The highest BCUT2D eigenvalue weighted by atomic mass is 16.5. The quantitative estimate of drug-likeness (QED) is 0.690. The molecule has 0 unspecified atom stereocenters. The number of carbonyl (C=O) groups excluding carboxylic acids is 1. The lowest BCUT2D eigenvalue weighted by molar-refractivity contribution is 0.0947. The third kappa shape index (κ3) is 5.14. The number of nitrogens with zero attached hydrogens (tertiary/aromatic N) is 1. The minimum atomic E-state index is -0.121. The van der Waals surface area contributed by atoms with Crippen molar-refractivity contribution in [3.05, 3.63) is 24.0 Å². The molecule has 100 valence electrons. The zero-order chi connectivity index (χ0) is 13.2. The Labute approximate surface area is 108 Å². The number of unbranched alkanes of at least 4 members (excludes halogenated alkanes) is 2. The van der Waals surface area contributed by atoms with Gasteiger partial charge in [0.15, 0.2) is 0 Å². The molecule has 1 aromatic heterocycles. The van der Waals surface area contributed by atoms with Crippen molar-refractivity contribution < 1.29 is 9.53 Å². The maximum atomic E-state index is 11.7. The highest BCUT2D eigenvalue weighted by Crippen LogP contribution is 2.04. The lowest BCUT2D eigenvalue weighted by Crippen LogP contribution is -2.25. The highest BCUT2D eigenvalue weighted by Gasteiger charge is 2.05. The highest BCUT2D eigenvalue weighted by molar-refractivity contribution is 5.92. The molecule has 0 atom stereocenters. The molecule has 0 saturated carbocycles. The molecule has 0 saturated heterocycles. The van der Waals surface area contributed by atoms with Crippen LogP contribution in [0.25, 0.3) is 0 Å². The average molecular weight is 251 g/mol. The summed E-state index contributed by atoms with van der Waals surface area (Å²) in [5, 5.41) is 5.81. The zero-order valence-corrected chi connectivity index (χ0v) is 11.0. The van der Waals surface area contributed by atoms with E-state index in [1.165, 1.54) is 0 Å². The maximum Gasteiger partial charge on any atom is 0.269 e. The molecule has 18 heavy (non-hydrogen) atoms. The van der Waals surface area contributed by atoms with Crippen LogP contribution in [-0.2, 0) is 4.74 Å². The average Bonchev–Trinajstić information content (AvgIpc) is 2.42. The number of anilines is 1. The van der Waals surface area contributed by atoms with Crippen molar-refractivity contribution in [2.24, 2.45) is 0 Å². The number of hydrogen-bond acceptors (Lipinski definition) is 4. The SMILES string of the molecule is CNc1ccc(C(=O)NCCCCCOC)nc1. The first kappa shape index (κ1) is 14.4. The van der Waals surface area contributed by atoms with E-state index in [1.807, 2.05) is 13.1 Å². The first-order chi connectivity index (χ1) is 8.77. The van der Waals surface area contributed by atoms with Gasteiger partial charge in [0.25, 0.3) is 5.91 Å². The van der Waals surface area contributed by atoms with Gasteiger partial charge in [-0.2, -0.15) is 0 Å². The van der Waals surface area contributed by atoms with E-state index in [-0.39, 0.29) is 5.91 Å². The molecule has 0 fully saturated rings. The monoisotopic (exact) mass is 251 g/mol. The van der Waals surface area contributed by atoms with Gasteiger partial charge in [-0.05, 0) is 31.4 Å². The second kappa shape index (κ2) is 8.47. The number of ether oxygens (including phenoxy) is 1. The van der Waals surface area contributed by atoms with E-state index >= 15 is 0 Å². The lowest BCUT2D eigenvalue weighted by atomic mass is 10.2. The Morgan fingerprint density at radius 3 is 2.78 bits per heavy atom. The van der Waals surface area contributed by atoms with Crippen molar-refractivity contribution in [2.75, 3.05) is 32.6 Å². The third-order valence-corrected chi connectivity index (χ3v) is 2.60. The molecule has 0 aliphatic carbocycles. The molecule has 0 spiro atoms. The van der Waals surface area contributed by atoms with E-state index in [1.54, 1.807) is 19.4 Å². The van der Waals surface area contributed by atoms with Gasteiger partial charge in [0, 0.05) is 27.3 Å². The molecule has 0 bridgehead atoms. The summed E-state index contributed by atoms with van der Waals surface area (Å²) >= 11 is 0. The normalized spacial score (nSPS) is 10.1. The molecule has 0 aromatic carbocycles. The number of carbonyl (C=O) groups is 1. The van der Waals surface area contributed by atoms with E-state index < -0.39 is 0 Å². The Hall–Kier alpha value is -1.62. The number of nitrogens with one attached hydrogen (secondary N) is 2. The Kier molecular flexibility index (Phi) is 6.79. The molecule has 0 aliphatic heterocycles.